The molecular weight excluding hydrogens is 388 g/mol. The molecule has 1 aliphatic rings. The third kappa shape index (κ3) is 4.74. The van der Waals surface area contributed by atoms with Crippen LogP contribution in [0, 0.1) is 0 Å². The SMILES string of the molecule is COc1cccc(C(NC(=O)NC(C)c2ccc3c(c2)CCCC3)c2nccn2C)c1. The zero-order valence-corrected chi connectivity index (χ0v) is 18.4. The van der Waals surface area contributed by atoms with E-state index in [1.807, 2.05) is 49.0 Å². The van der Waals surface area contributed by atoms with Crippen LogP contribution in [-0.2, 0) is 19.9 Å². The lowest BCUT2D eigenvalue weighted by molar-refractivity contribution is 0.235. The Kier molecular flexibility index (Phi) is 6.26. The molecule has 0 saturated heterocycles. The van der Waals surface area contributed by atoms with E-state index in [9.17, 15) is 4.79 Å². The summed E-state index contributed by atoms with van der Waals surface area (Å²) in [6.45, 7) is 2.02. The predicted octanol–water partition coefficient (Wildman–Crippen LogP) is 4.46. The Bertz CT molecular complexity index is 1060. The largest absolute Gasteiger partial charge is 0.497 e. The third-order valence-corrected chi connectivity index (χ3v) is 6.04. The number of carbonyl (C=O) groups is 1. The Morgan fingerprint density at radius 1 is 1.06 bits per heavy atom. The zero-order chi connectivity index (χ0) is 21.8. The van der Waals surface area contributed by atoms with Crippen molar-refractivity contribution in [2.24, 2.45) is 7.05 Å². The molecule has 6 nitrogen and oxygen atoms in total. The number of hydrogen-bond acceptors (Lipinski definition) is 3. The molecule has 4 rings (SSSR count). The van der Waals surface area contributed by atoms with Crippen LogP contribution >= 0.6 is 0 Å². The smallest absolute Gasteiger partial charge is 0.316 e. The lowest BCUT2D eigenvalue weighted by atomic mass is 9.89. The van der Waals surface area contributed by atoms with E-state index in [4.69, 9.17) is 4.74 Å². The van der Waals surface area contributed by atoms with Crippen molar-refractivity contribution >= 4 is 6.03 Å². The second-order valence-corrected chi connectivity index (χ2v) is 8.18. The molecule has 0 saturated carbocycles. The molecule has 1 heterocycles. The molecule has 2 unspecified atom stereocenters. The first kappa shape index (κ1) is 21.0. The summed E-state index contributed by atoms with van der Waals surface area (Å²) in [6.07, 6.45) is 8.39. The van der Waals surface area contributed by atoms with Crippen LogP contribution in [-0.4, -0.2) is 22.7 Å². The molecule has 0 fully saturated rings. The fourth-order valence-electron chi connectivity index (χ4n) is 4.25. The molecule has 3 aromatic rings. The van der Waals surface area contributed by atoms with Gasteiger partial charge in [0.1, 0.15) is 17.6 Å². The molecule has 0 bridgehead atoms. The molecule has 31 heavy (non-hydrogen) atoms. The summed E-state index contributed by atoms with van der Waals surface area (Å²) in [6, 6.07) is 13.6. The predicted molar refractivity (Wildman–Crippen MR) is 121 cm³/mol. The molecular formula is C25H30N4O2. The number of benzene rings is 2. The summed E-state index contributed by atoms with van der Waals surface area (Å²) in [5.74, 6) is 1.49. The number of ether oxygens (including phenoxy) is 1. The summed E-state index contributed by atoms with van der Waals surface area (Å²) in [5.41, 5.74) is 4.90. The molecule has 6 heteroatoms. The first-order valence-electron chi connectivity index (χ1n) is 10.8. The van der Waals surface area contributed by atoms with Gasteiger partial charge >= 0.3 is 6.03 Å². The van der Waals surface area contributed by atoms with E-state index in [0.717, 1.165) is 35.5 Å². The fourth-order valence-corrected chi connectivity index (χ4v) is 4.25. The number of aromatic nitrogens is 2. The van der Waals surface area contributed by atoms with Gasteiger partial charge in [-0.2, -0.15) is 0 Å². The zero-order valence-electron chi connectivity index (χ0n) is 18.4. The minimum Gasteiger partial charge on any atom is -0.497 e. The van der Waals surface area contributed by atoms with Gasteiger partial charge in [-0.3, -0.25) is 0 Å². The van der Waals surface area contributed by atoms with Crippen molar-refractivity contribution in [2.75, 3.05) is 7.11 Å². The second-order valence-electron chi connectivity index (χ2n) is 8.18. The molecule has 1 aliphatic carbocycles. The van der Waals surface area contributed by atoms with Crippen molar-refractivity contribution in [1.29, 1.82) is 0 Å². The highest BCUT2D eigenvalue weighted by Crippen LogP contribution is 2.26. The number of amides is 2. The molecule has 162 valence electrons. The van der Waals surface area contributed by atoms with Gasteiger partial charge in [-0.05, 0) is 67.0 Å². The molecule has 1 aromatic heterocycles. The first-order chi connectivity index (χ1) is 15.0. The number of nitrogens with one attached hydrogen (secondary N) is 2. The van der Waals surface area contributed by atoms with Gasteiger partial charge in [0, 0.05) is 19.4 Å². The van der Waals surface area contributed by atoms with Crippen LogP contribution in [0.25, 0.3) is 0 Å². The van der Waals surface area contributed by atoms with Crippen molar-refractivity contribution < 1.29 is 9.53 Å². The third-order valence-electron chi connectivity index (χ3n) is 6.04. The van der Waals surface area contributed by atoms with Crippen LogP contribution < -0.4 is 15.4 Å². The van der Waals surface area contributed by atoms with Crippen molar-refractivity contribution in [1.82, 2.24) is 20.2 Å². The highest BCUT2D eigenvalue weighted by atomic mass is 16.5. The lowest BCUT2D eigenvalue weighted by Gasteiger charge is -2.23. The van der Waals surface area contributed by atoms with E-state index in [0.29, 0.717) is 0 Å². The van der Waals surface area contributed by atoms with Gasteiger partial charge in [0.05, 0.1) is 13.2 Å². The van der Waals surface area contributed by atoms with Crippen molar-refractivity contribution in [3.63, 3.8) is 0 Å². The Hall–Kier alpha value is -3.28. The lowest BCUT2D eigenvalue weighted by Crippen LogP contribution is -2.40. The van der Waals surface area contributed by atoms with Crippen LogP contribution in [0.1, 0.15) is 59.9 Å². The number of rotatable bonds is 6. The number of fused-ring (bicyclic) bond motifs is 1. The Morgan fingerprint density at radius 2 is 1.87 bits per heavy atom. The van der Waals surface area contributed by atoms with Crippen LogP contribution in [0.4, 0.5) is 4.79 Å². The quantitative estimate of drug-likeness (QED) is 0.621. The van der Waals surface area contributed by atoms with Crippen LogP contribution in [0.5, 0.6) is 5.75 Å². The van der Waals surface area contributed by atoms with Gasteiger partial charge in [0.15, 0.2) is 0 Å². The van der Waals surface area contributed by atoms with Crippen molar-refractivity contribution in [3.05, 3.63) is 82.9 Å². The Balaban J connectivity index is 1.51. The first-order valence-corrected chi connectivity index (χ1v) is 10.8. The normalized spacial score (nSPS) is 14.9. The number of nitrogens with zero attached hydrogens (tertiary/aromatic N) is 2. The highest BCUT2D eigenvalue weighted by molar-refractivity contribution is 5.75. The molecule has 2 atom stereocenters. The highest BCUT2D eigenvalue weighted by Gasteiger charge is 2.22. The van der Waals surface area contributed by atoms with Gasteiger partial charge < -0.3 is 19.9 Å². The summed E-state index contributed by atoms with van der Waals surface area (Å²) in [7, 11) is 3.56. The van der Waals surface area contributed by atoms with E-state index in [1.165, 1.54) is 24.0 Å². The average molecular weight is 419 g/mol. The van der Waals surface area contributed by atoms with E-state index < -0.39 is 6.04 Å². The summed E-state index contributed by atoms with van der Waals surface area (Å²) in [4.78, 5) is 17.4. The van der Waals surface area contributed by atoms with E-state index in [1.54, 1.807) is 13.3 Å². The maximum Gasteiger partial charge on any atom is 0.316 e. The maximum absolute atomic E-state index is 13.0. The molecule has 2 aromatic carbocycles. The van der Waals surface area contributed by atoms with Gasteiger partial charge in [-0.25, -0.2) is 9.78 Å². The molecule has 2 N–H and O–H groups in total. The van der Waals surface area contributed by atoms with Gasteiger partial charge in [-0.15, -0.1) is 0 Å². The number of urea groups is 1. The van der Waals surface area contributed by atoms with Crippen molar-refractivity contribution in [3.8, 4) is 5.75 Å². The monoisotopic (exact) mass is 418 g/mol. The number of imidazole rings is 1. The molecule has 0 radical (unpaired) electrons. The number of methoxy groups -OCH3 is 1. The van der Waals surface area contributed by atoms with E-state index in [-0.39, 0.29) is 12.1 Å². The summed E-state index contributed by atoms with van der Waals surface area (Å²) >= 11 is 0. The molecule has 0 aliphatic heterocycles. The minimum absolute atomic E-state index is 0.0976. The average Bonchev–Trinajstić information content (AvgIpc) is 3.22. The second kappa shape index (κ2) is 9.25. The number of aryl methyl sites for hydroxylation is 3. The molecule has 2 amide bonds. The maximum atomic E-state index is 13.0. The fraction of sp³-hybridized carbons (Fsp3) is 0.360. The topological polar surface area (TPSA) is 68.2 Å². The van der Waals surface area contributed by atoms with E-state index >= 15 is 0 Å². The Morgan fingerprint density at radius 3 is 2.61 bits per heavy atom. The Labute approximate surface area is 183 Å². The number of hydrogen-bond donors (Lipinski definition) is 2. The summed E-state index contributed by atoms with van der Waals surface area (Å²) < 4.78 is 7.28. The minimum atomic E-state index is -0.397. The summed E-state index contributed by atoms with van der Waals surface area (Å²) in [5, 5.41) is 6.20. The van der Waals surface area contributed by atoms with Crippen LogP contribution in [0.15, 0.2) is 54.9 Å². The van der Waals surface area contributed by atoms with Crippen LogP contribution in [0.3, 0.4) is 0 Å². The van der Waals surface area contributed by atoms with E-state index in [2.05, 4.69) is 33.8 Å². The molecule has 0 spiro atoms. The number of carbonyl (C=O) groups excluding carboxylic acids is 1. The standard InChI is InChI=1S/C25H30N4O2/c1-17(19-12-11-18-7-4-5-8-20(18)15-19)27-25(30)28-23(24-26-13-14-29(24)2)21-9-6-10-22(16-21)31-3/h6,9-17,23H,4-5,7-8H2,1-3H3,(H2,27,28,30). The van der Waals surface area contributed by atoms with Gasteiger partial charge in [0.25, 0.3) is 0 Å². The van der Waals surface area contributed by atoms with Crippen LogP contribution in [0.2, 0.25) is 0 Å². The van der Waals surface area contributed by atoms with Gasteiger partial charge in [0.2, 0.25) is 0 Å². The van der Waals surface area contributed by atoms with Gasteiger partial charge in [-0.1, -0.05) is 30.3 Å². The van der Waals surface area contributed by atoms with Crippen molar-refractivity contribution in [2.45, 2.75) is 44.7 Å².